The monoisotopic (exact) mass is 227 g/mol. The zero-order valence-electron chi connectivity index (χ0n) is 9.67. The quantitative estimate of drug-likeness (QED) is 0.841. The largest absolute Gasteiger partial charge is 0.496 e. The summed E-state index contributed by atoms with van der Waals surface area (Å²) in [6.07, 6.45) is 0. The minimum absolute atomic E-state index is 0.0159. The van der Waals surface area contributed by atoms with E-state index in [4.69, 9.17) is 22.1 Å². The van der Waals surface area contributed by atoms with Crippen LogP contribution in [0.15, 0.2) is 18.2 Å². The summed E-state index contributed by atoms with van der Waals surface area (Å²) in [5.41, 5.74) is 7.12. The second kappa shape index (κ2) is 4.42. The van der Waals surface area contributed by atoms with Gasteiger partial charge in [-0.1, -0.05) is 32.4 Å². The van der Waals surface area contributed by atoms with Gasteiger partial charge >= 0.3 is 0 Å². The van der Waals surface area contributed by atoms with Crippen LogP contribution in [0.1, 0.15) is 32.4 Å². The van der Waals surface area contributed by atoms with Crippen molar-refractivity contribution in [3.05, 3.63) is 28.8 Å². The van der Waals surface area contributed by atoms with Gasteiger partial charge in [-0.25, -0.2) is 0 Å². The minimum atomic E-state index is -0.0915. The molecule has 0 bridgehead atoms. The summed E-state index contributed by atoms with van der Waals surface area (Å²) in [4.78, 5) is 0. The first-order valence-electron chi connectivity index (χ1n) is 4.95. The molecule has 0 aliphatic carbocycles. The molecule has 1 aromatic rings. The van der Waals surface area contributed by atoms with Crippen LogP contribution in [-0.2, 0) is 0 Å². The van der Waals surface area contributed by atoms with Gasteiger partial charge in [0.2, 0.25) is 0 Å². The SMILES string of the molecule is COc1ccc(Cl)cc1[C@H](N)C(C)(C)C. The third kappa shape index (κ3) is 2.86. The minimum Gasteiger partial charge on any atom is -0.496 e. The second-order valence-corrected chi connectivity index (χ2v) is 5.17. The Morgan fingerprint density at radius 3 is 2.40 bits per heavy atom. The van der Waals surface area contributed by atoms with Crippen molar-refractivity contribution in [1.82, 2.24) is 0 Å². The first-order chi connectivity index (χ1) is 6.86. The van der Waals surface area contributed by atoms with Crippen LogP contribution in [0.25, 0.3) is 0 Å². The maximum absolute atomic E-state index is 6.18. The summed E-state index contributed by atoms with van der Waals surface area (Å²) >= 11 is 5.96. The molecule has 0 unspecified atom stereocenters. The molecule has 0 radical (unpaired) electrons. The number of nitrogens with two attached hydrogens (primary N) is 1. The Labute approximate surface area is 96.4 Å². The molecule has 0 fully saturated rings. The van der Waals surface area contributed by atoms with Gasteiger partial charge in [0, 0.05) is 16.6 Å². The number of hydrogen-bond acceptors (Lipinski definition) is 2. The predicted octanol–water partition coefficient (Wildman–Crippen LogP) is 3.39. The number of ether oxygens (including phenoxy) is 1. The molecule has 84 valence electrons. The molecule has 0 saturated carbocycles. The smallest absolute Gasteiger partial charge is 0.123 e. The van der Waals surface area contributed by atoms with E-state index in [0.29, 0.717) is 5.02 Å². The Bertz CT molecular complexity index is 344. The topological polar surface area (TPSA) is 35.2 Å². The molecule has 1 aromatic carbocycles. The molecule has 3 heteroatoms. The molecular weight excluding hydrogens is 210 g/mol. The molecule has 1 atom stereocenters. The molecule has 0 aliphatic rings. The van der Waals surface area contributed by atoms with E-state index in [1.54, 1.807) is 13.2 Å². The maximum Gasteiger partial charge on any atom is 0.123 e. The number of benzene rings is 1. The van der Waals surface area contributed by atoms with Gasteiger partial charge in [-0.2, -0.15) is 0 Å². The van der Waals surface area contributed by atoms with Crippen molar-refractivity contribution in [2.24, 2.45) is 11.1 Å². The third-order valence-electron chi connectivity index (χ3n) is 2.46. The molecule has 0 aromatic heterocycles. The molecule has 0 aliphatic heterocycles. The van der Waals surface area contributed by atoms with Crippen molar-refractivity contribution in [1.29, 1.82) is 0 Å². The highest BCUT2D eigenvalue weighted by Crippen LogP contribution is 2.36. The summed E-state index contributed by atoms with van der Waals surface area (Å²) in [5.74, 6) is 0.793. The molecule has 15 heavy (non-hydrogen) atoms. The highest BCUT2D eigenvalue weighted by molar-refractivity contribution is 6.30. The lowest BCUT2D eigenvalue weighted by molar-refractivity contribution is 0.314. The van der Waals surface area contributed by atoms with E-state index < -0.39 is 0 Å². The lowest BCUT2D eigenvalue weighted by Gasteiger charge is -2.28. The lowest BCUT2D eigenvalue weighted by Crippen LogP contribution is -2.26. The van der Waals surface area contributed by atoms with Crippen LogP contribution in [0, 0.1) is 5.41 Å². The average molecular weight is 228 g/mol. The number of methoxy groups -OCH3 is 1. The van der Waals surface area contributed by atoms with Crippen molar-refractivity contribution >= 4 is 11.6 Å². The molecule has 2 nitrogen and oxygen atoms in total. The van der Waals surface area contributed by atoms with Crippen LogP contribution < -0.4 is 10.5 Å². The van der Waals surface area contributed by atoms with Crippen LogP contribution in [0.3, 0.4) is 0 Å². The van der Waals surface area contributed by atoms with E-state index in [-0.39, 0.29) is 11.5 Å². The van der Waals surface area contributed by atoms with Crippen molar-refractivity contribution in [2.45, 2.75) is 26.8 Å². The van der Waals surface area contributed by atoms with Crippen LogP contribution >= 0.6 is 11.6 Å². The Morgan fingerprint density at radius 1 is 1.33 bits per heavy atom. The van der Waals surface area contributed by atoms with Crippen LogP contribution in [-0.4, -0.2) is 7.11 Å². The number of halogens is 1. The van der Waals surface area contributed by atoms with Gasteiger partial charge in [-0.15, -0.1) is 0 Å². The second-order valence-electron chi connectivity index (χ2n) is 4.73. The van der Waals surface area contributed by atoms with Crippen molar-refractivity contribution in [3.8, 4) is 5.75 Å². The fourth-order valence-corrected chi connectivity index (χ4v) is 1.60. The Balaban J connectivity index is 3.17. The number of hydrogen-bond donors (Lipinski definition) is 1. The summed E-state index contributed by atoms with van der Waals surface area (Å²) in [6.45, 7) is 6.29. The highest BCUT2D eigenvalue weighted by atomic mass is 35.5. The Hall–Kier alpha value is -0.730. The first-order valence-corrected chi connectivity index (χ1v) is 5.33. The van der Waals surface area contributed by atoms with Gasteiger partial charge in [-0.05, 0) is 23.6 Å². The molecule has 0 heterocycles. The van der Waals surface area contributed by atoms with E-state index in [2.05, 4.69) is 20.8 Å². The standard InChI is InChI=1S/C12H18ClNO/c1-12(2,3)11(14)9-7-8(13)5-6-10(9)15-4/h5-7,11H,14H2,1-4H3/t11-/m0/s1. The van der Waals surface area contributed by atoms with E-state index in [9.17, 15) is 0 Å². The predicted molar refractivity (Wildman–Crippen MR) is 64.4 cm³/mol. The highest BCUT2D eigenvalue weighted by Gasteiger charge is 2.25. The Kier molecular flexibility index (Phi) is 3.63. The average Bonchev–Trinajstić information content (AvgIpc) is 2.15. The zero-order chi connectivity index (χ0) is 11.6. The van der Waals surface area contributed by atoms with Crippen LogP contribution in [0.2, 0.25) is 5.02 Å². The van der Waals surface area contributed by atoms with Gasteiger partial charge in [0.05, 0.1) is 7.11 Å². The molecule has 0 amide bonds. The normalized spacial score (nSPS) is 13.7. The summed E-state index contributed by atoms with van der Waals surface area (Å²) in [5, 5.41) is 0.686. The van der Waals surface area contributed by atoms with Crippen LogP contribution in [0.5, 0.6) is 5.75 Å². The zero-order valence-corrected chi connectivity index (χ0v) is 10.4. The molecule has 0 saturated heterocycles. The number of rotatable bonds is 2. The van der Waals surface area contributed by atoms with E-state index in [1.807, 2.05) is 12.1 Å². The first kappa shape index (κ1) is 12.3. The van der Waals surface area contributed by atoms with Gasteiger partial charge in [-0.3, -0.25) is 0 Å². The molecule has 1 rings (SSSR count). The maximum atomic E-state index is 6.18. The van der Waals surface area contributed by atoms with Crippen molar-refractivity contribution in [3.63, 3.8) is 0 Å². The van der Waals surface area contributed by atoms with Gasteiger partial charge in [0.25, 0.3) is 0 Å². The van der Waals surface area contributed by atoms with E-state index in [0.717, 1.165) is 11.3 Å². The van der Waals surface area contributed by atoms with Gasteiger partial charge < -0.3 is 10.5 Å². The third-order valence-corrected chi connectivity index (χ3v) is 2.69. The van der Waals surface area contributed by atoms with E-state index in [1.165, 1.54) is 0 Å². The fraction of sp³-hybridized carbons (Fsp3) is 0.500. The Morgan fingerprint density at radius 2 is 1.93 bits per heavy atom. The summed E-state index contributed by atoms with van der Waals surface area (Å²) in [7, 11) is 1.64. The van der Waals surface area contributed by atoms with Gasteiger partial charge in [0.15, 0.2) is 0 Å². The molecule has 2 N–H and O–H groups in total. The molecule has 0 spiro atoms. The van der Waals surface area contributed by atoms with Gasteiger partial charge in [0.1, 0.15) is 5.75 Å². The van der Waals surface area contributed by atoms with E-state index >= 15 is 0 Å². The van der Waals surface area contributed by atoms with Crippen LogP contribution in [0.4, 0.5) is 0 Å². The molecular formula is C12H18ClNO. The summed E-state index contributed by atoms with van der Waals surface area (Å²) < 4.78 is 5.28. The lowest BCUT2D eigenvalue weighted by atomic mass is 9.83. The van der Waals surface area contributed by atoms with Crippen molar-refractivity contribution in [2.75, 3.05) is 7.11 Å². The van der Waals surface area contributed by atoms with Crippen molar-refractivity contribution < 1.29 is 4.74 Å². The summed E-state index contributed by atoms with van der Waals surface area (Å²) in [6, 6.07) is 5.44. The fourth-order valence-electron chi connectivity index (χ4n) is 1.41.